The molecule has 2 aromatic rings. The number of benzene rings is 1. The topological polar surface area (TPSA) is 29.9 Å². The third-order valence-electron chi connectivity index (χ3n) is 2.98. The van der Waals surface area contributed by atoms with Crippen LogP contribution in [0.5, 0.6) is 0 Å². The summed E-state index contributed by atoms with van der Waals surface area (Å²) >= 11 is 1.87. The molecule has 2 rings (SSSR count). The van der Waals surface area contributed by atoms with Crippen LogP contribution >= 0.6 is 11.8 Å². The summed E-state index contributed by atoms with van der Waals surface area (Å²) in [6, 6.07) is 12.6. The molecule has 108 valence electrons. The quantitative estimate of drug-likeness (QED) is 0.755. The van der Waals surface area contributed by atoms with Crippen molar-refractivity contribution in [1.29, 1.82) is 0 Å². The summed E-state index contributed by atoms with van der Waals surface area (Å²) in [5, 5.41) is 7.88. The lowest BCUT2D eigenvalue weighted by Crippen LogP contribution is -2.21. The maximum Gasteiger partial charge on any atom is 0.0522 e. The van der Waals surface area contributed by atoms with Crippen molar-refractivity contribution in [3.63, 3.8) is 0 Å². The number of hydrogen-bond acceptors (Lipinski definition) is 3. The van der Waals surface area contributed by atoms with Gasteiger partial charge in [0, 0.05) is 23.4 Å². The van der Waals surface area contributed by atoms with Crippen molar-refractivity contribution in [2.24, 2.45) is 5.92 Å². The highest BCUT2D eigenvalue weighted by Crippen LogP contribution is 2.17. The van der Waals surface area contributed by atoms with Crippen molar-refractivity contribution in [2.75, 3.05) is 12.3 Å². The molecule has 0 fully saturated rings. The zero-order valence-corrected chi connectivity index (χ0v) is 13.1. The second-order valence-corrected chi connectivity index (χ2v) is 6.40. The van der Waals surface area contributed by atoms with Gasteiger partial charge in [-0.05, 0) is 30.7 Å². The molecule has 1 aromatic carbocycles. The number of hydrogen-bond donors (Lipinski definition) is 1. The molecule has 1 heterocycles. The first-order valence-electron chi connectivity index (χ1n) is 7.15. The Kier molecular flexibility index (Phi) is 6.15. The minimum absolute atomic E-state index is 0.681. The summed E-state index contributed by atoms with van der Waals surface area (Å²) in [4.78, 5) is 1.32. The van der Waals surface area contributed by atoms with Gasteiger partial charge in [0.15, 0.2) is 0 Å². The summed E-state index contributed by atoms with van der Waals surface area (Å²) in [6.07, 6.45) is 1.89. The van der Waals surface area contributed by atoms with Crippen LogP contribution in [0.3, 0.4) is 0 Å². The Bertz CT molecular complexity index is 493. The van der Waals surface area contributed by atoms with Gasteiger partial charge in [0.05, 0.1) is 12.2 Å². The minimum Gasteiger partial charge on any atom is -0.311 e. The standard InChI is InChI=1S/C16H23N3S/c1-14(2)12-17-13-15-8-9-18-19(15)10-11-20-16-6-4-3-5-7-16/h3-9,14,17H,10-13H2,1-2H3. The predicted molar refractivity (Wildman–Crippen MR) is 85.9 cm³/mol. The predicted octanol–water partition coefficient (Wildman–Crippen LogP) is 3.42. The SMILES string of the molecule is CC(C)CNCc1ccnn1CCSc1ccccc1. The fourth-order valence-electron chi connectivity index (χ4n) is 1.97. The van der Waals surface area contributed by atoms with Crippen molar-refractivity contribution in [3.05, 3.63) is 48.3 Å². The van der Waals surface area contributed by atoms with Gasteiger partial charge in [0.2, 0.25) is 0 Å². The highest BCUT2D eigenvalue weighted by atomic mass is 32.2. The van der Waals surface area contributed by atoms with Gasteiger partial charge in [-0.25, -0.2) is 0 Å². The molecule has 0 amide bonds. The van der Waals surface area contributed by atoms with Gasteiger partial charge in [0.1, 0.15) is 0 Å². The first kappa shape index (κ1) is 15.1. The molecule has 0 saturated carbocycles. The first-order valence-corrected chi connectivity index (χ1v) is 8.13. The van der Waals surface area contributed by atoms with Crippen LogP contribution in [0.25, 0.3) is 0 Å². The molecule has 1 aromatic heterocycles. The summed E-state index contributed by atoms with van der Waals surface area (Å²) in [5.74, 6) is 1.73. The Labute approximate surface area is 125 Å². The second kappa shape index (κ2) is 8.12. The lowest BCUT2D eigenvalue weighted by atomic mass is 10.2. The maximum atomic E-state index is 4.41. The molecule has 0 spiro atoms. The Morgan fingerprint density at radius 1 is 1.20 bits per heavy atom. The molecular formula is C16H23N3S. The fourth-order valence-corrected chi connectivity index (χ4v) is 2.82. The van der Waals surface area contributed by atoms with Gasteiger partial charge in [0.25, 0.3) is 0 Å². The molecule has 0 radical (unpaired) electrons. The zero-order chi connectivity index (χ0) is 14.2. The van der Waals surface area contributed by atoms with Crippen LogP contribution in [-0.4, -0.2) is 22.1 Å². The van der Waals surface area contributed by atoms with E-state index in [-0.39, 0.29) is 0 Å². The van der Waals surface area contributed by atoms with E-state index in [0.29, 0.717) is 5.92 Å². The molecule has 0 bridgehead atoms. The lowest BCUT2D eigenvalue weighted by molar-refractivity contribution is 0.526. The van der Waals surface area contributed by atoms with Gasteiger partial charge in [-0.3, -0.25) is 4.68 Å². The van der Waals surface area contributed by atoms with E-state index in [1.54, 1.807) is 0 Å². The van der Waals surface area contributed by atoms with Crippen LogP contribution in [0, 0.1) is 5.92 Å². The average Bonchev–Trinajstić information content (AvgIpc) is 2.87. The molecule has 0 aliphatic carbocycles. The minimum atomic E-state index is 0.681. The van der Waals surface area contributed by atoms with Crippen LogP contribution in [-0.2, 0) is 13.1 Å². The van der Waals surface area contributed by atoms with E-state index in [9.17, 15) is 0 Å². The average molecular weight is 289 g/mol. The second-order valence-electron chi connectivity index (χ2n) is 5.23. The van der Waals surface area contributed by atoms with Gasteiger partial charge >= 0.3 is 0 Å². The lowest BCUT2D eigenvalue weighted by Gasteiger charge is -2.10. The van der Waals surface area contributed by atoms with Crippen molar-refractivity contribution < 1.29 is 0 Å². The van der Waals surface area contributed by atoms with Crippen molar-refractivity contribution in [3.8, 4) is 0 Å². The monoisotopic (exact) mass is 289 g/mol. The fraction of sp³-hybridized carbons (Fsp3) is 0.438. The highest BCUT2D eigenvalue weighted by molar-refractivity contribution is 7.99. The van der Waals surface area contributed by atoms with Crippen LogP contribution in [0.4, 0.5) is 0 Å². The number of rotatable bonds is 8. The Morgan fingerprint density at radius 3 is 2.75 bits per heavy atom. The Balaban J connectivity index is 1.77. The van der Waals surface area contributed by atoms with E-state index in [2.05, 4.69) is 65.3 Å². The van der Waals surface area contributed by atoms with Crippen molar-refractivity contribution in [2.45, 2.75) is 31.8 Å². The van der Waals surface area contributed by atoms with Crippen molar-refractivity contribution in [1.82, 2.24) is 15.1 Å². The normalized spacial score (nSPS) is 11.2. The van der Waals surface area contributed by atoms with E-state index < -0.39 is 0 Å². The van der Waals surface area contributed by atoms with Crippen LogP contribution in [0.15, 0.2) is 47.5 Å². The number of nitrogens with zero attached hydrogens (tertiary/aromatic N) is 2. The van der Waals surface area contributed by atoms with E-state index in [1.807, 2.05) is 18.0 Å². The molecule has 0 saturated heterocycles. The molecule has 0 aliphatic heterocycles. The molecule has 4 heteroatoms. The Hall–Kier alpha value is -1.26. The van der Waals surface area contributed by atoms with Gasteiger partial charge < -0.3 is 5.32 Å². The largest absolute Gasteiger partial charge is 0.311 e. The maximum absolute atomic E-state index is 4.41. The summed E-state index contributed by atoms with van der Waals surface area (Å²) in [7, 11) is 0. The molecule has 1 N–H and O–H groups in total. The molecule has 3 nitrogen and oxygen atoms in total. The molecule has 0 aliphatic rings. The molecular weight excluding hydrogens is 266 g/mol. The highest BCUT2D eigenvalue weighted by Gasteiger charge is 2.03. The summed E-state index contributed by atoms with van der Waals surface area (Å²) in [6.45, 7) is 7.34. The Morgan fingerprint density at radius 2 is 2.00 bits per heavy atom. The van der Waals surface area contributed by atoms with Crippen molar-refractivity contribution >= 4 is 11.8 Å². The number of aryl methyl sites for hydroxylation is 1. The van der Waals surface area contributed by atoms with Gasteiger partial charge in [-0.1, -0.05) is 32.0 Å². The van der Waals surface area contributed by atoms with Crippen LogP contribution in [0.2, 0.25) is 0 Å². The third-order valence-corrected chi connectivity index (χ3v) is 3.97. The van der Waals surface area contributed by atoms with E-state index in [0.717, 1.165) is 25.4 Å². The summed E-state index contributed by atoms with van der Waals surface area (Å²) < 4.78 is 2.10. The zero-order valence-electron chi connectivity index (χ0n) is 12.2. The number of aromatic nitrogens is 2. The summed E-state index contributed by atoms with van der Waals surface area (Å²) in [5.41, 5.74) is 1.26. The molecule has 20 heavy (non-hydrogen) atoms. The van der Waals surface area contributed by atoms with Gasteiger partial charge in [-0.2, -0.15) is 5.10 Å². The number of nitrogens with one attached hydrogen (secondary N) is 1. The molecule has 0 atom stereocenters. The van der Waals surface area contributed by atoms with E-state index in [1.165, 1.54) is 10.6 Å². The smallest absolute Gasteiger partial charge is 0.0522 e. The van der Waals surface area contributed by atoms with Gasteiger partial charge in [-0.15, -0.1) is 11.8 Å². The first-order chi connectivity index (χ1) is 9.75. The third kappa shape index (κ3) is 5.02. The van der Waals surface area contributed by atoms with E-state index >= 15 is 0 Å². The van der Waals surface area contributed by atoms with Crippen LogP contribution < -0.4 is 5.32 Å². The van der Waals surface area contributed by atoms with E-state index in [4.69, 9.17) is 0 Å². The number of thioether (sulfide) groups is 1. The van der Waals surface area contributed by atoms with Crippen LogP contribution in [0.1, 0.15) is 19.5 Å². The molecule has 0 unspecified atom stereocenters.